The molecule has 1 aliphatic rings. The van der Waals surface area contributed by atoms with Crippen LogP contribution in [0.2, 0.25) is 0 Å². The molecule has 0 spiro atoms. The van der Waals surface area contributed by atoms with E-state index in [0.717, 1.165) is 31.6 Å². The topological polar surface area (TPSA) is 66.4 Å². The third kappa shape index (κ3) is 3.83. The zero-order valence-electron chi connectivity index (χ0n) is 10.0. The second-order valence-corrected chi connectivity index (χ2v) is 4.88. The van der Waals surface area contributed by atoms with E-state index in [-0.39, 0.29) is 11.9 Å². The fourth-order valence-electron chi connectivity index (χ4n) is 2.07. The maximum Gasteiger partial charge on any atom is 0.315 e. The second-order valence-electron chi connectivity index (χ2n) is 4.88. The Morgan fingerprint density at radius 2 is 1.94 bits per heavy atom. The summed E-state index contributed by atoms with van der Waals surface area (Å²) in [6.45, 7) is 3.65. The van der Waals surface area contributed by atoms with Crippen LogP contribution in [0.4, 0.5) is 0 Å². The molecule has 1 fully saturated rings. The van der Waals surface area contributed by atoms with Crippen molar-refractivity contribution in [1.82, 2.24) is 5.32 Å². The Hall–Kier alpha value is -1.06. The molecule has 0 aromatic rings. The summed E-state index contributed by atoms with van der Waals surface area (Å²) >= 11 is 0. The lowest BCUT2D eigenvalue weighted by Gasteiger charge is -2.17. The molecule has 0 bridgehead atoms. The maximum absolute atomic E-state index is 11.6. The lowest BCUT2D eigenvalue weighted by atomic mass is 10.0. The highest BCUT2D eigenvalue weighted by Gasteiger charge is 2.24. The van der Waals surface area contributed by atoms with E-state index in [1.165, 1.54) is 13.3 Å². The molecule has 1 saturated carbocycles. The highest BCUT2D eigenvalue weighted by molar-refractivity contribution is 5.96. The predicted molar refractivity (Wildman–Crippen MR) is 61.0 cm³/mol. The van der Waals surface area contributed by atoms with Crippen LogP contribution in [-0.4, -0.2) is 23.0 Å². The summed E-state index contributed by atoms with van der Waals surface area (Å²) in [6, 6.07) is 0.166. The number of hydrogen-bond acceptors (Lipinski definition) is 2. The zero-order valence-corrected chi connectivity index (χ0v) is 10.0. The van der Waals surface area contributed by atoms with Crippen LogP contribution in [0.3, 0.4) is 0 Å². The molecule has 3 atom stereocenters. The number of amides is 1. The fourth-order valence-corrected chi connectivity index (χ4v) is 2.07. The number of hydrogen-bond donors (Lipinski definition) is 2. The van der Waals surface area contributed by atoms with Crippen LogP contribution in [0.1, 0.15) is 46.0 Å². The monoisotopic (exact) mass is 227 g/mol. The van der Waals surface area contributed by atoms with Crippen LogP contribution < -0.4 is 5.32 Å². The van der Waals surface area contributed by atoms with Crippen LogP contribution in [0.15, 0.2) is 0 Å². The van der Waals surface area contributed by atoms with Gasteiger partial charge in [-0.1, -0.05) is 19.8 Å². The molecule has 0 aromatic carbocycles. The second kappa shape index (κ2) is 5.87. The molecule has 0 radical (unpaired) electrons. The van der Waals surface area contributed by atoms with Gasteiger partial charge < -0.3 is 10.4 Å². The van der Waals surface area contributed by atoms with Crippen LogP contribution in [0.5, 0.6) is 0 Å². The number of rotatable bonds is 3. The van der Waals surface area contributed by atoms with Gasteiger partial charge in [0, 0.05) is 6.04 Å². The van der Waals surface area contributed by atoms with Gasteiger partial charge >= 0.3 is 5.97 Å². The molecular formula is C12H21NO3. The first-order valence-electron chi connectivity index (χ1n) is 6.04. The van der Waals surface area contributed by atoms with Crippen molar-refractivity contribution in [2.75, 3.05) is 0 Å². The summed E-state index contributed by atoms with van der Waals surface area (Å²) in [5, 5.41) is 11.6. The molecule has 0 aliphatic heterocycles. The highest BCUT2D eigenvalue weighted by atomic mass is 16.4. The SMILES string of the molecule is CC1CCCC(NC(=O)C(C)C(=O)O)CC1. The van der Waals surface area contributed by atoms with Crippen molar-refractivity contribution >= 4 is 11.9 Å². The third-order valence-electron chi connectivity index (χ3n) is 3.37. The molecule has 0 saturated heterocycles. The largest absolute Gasteiger partial charge is 0.481 e. The Morgan fingerprint density at radius 3 is 2.56 bits per heavy atom. The molecule has 1 aliphatic carbocycles. The minimum Gasteiger partial charge on any atom is -0.481 e. The van der Waals surface area contributed by atoms with Crippen molar-refractivity contribution in [3.63, 3.8) is 0 Å². The maximum atomic E-state index is 11.6. The predicted octanol–water partition coefficient (Wildman–Crippen LogP) is 1.79. The van der Waals surface area contributed by atoms with Gasteiger partial charge in [-0.15, -0.1) is 0 Å². The van der Waals surface area contributed by atoms with Gasteiger partial charge in [0.25, 0.3) is 0 Å². The first-order valence-corrected chi connectivity index (χ1v) is 6.04. The van der Waals surface area contributed by atoms with Gasteiger partial charge in [-0.25, -0.2) is 0 Å². The summed E-state index contributed by atoms with van der Waals surface area (Å²) in [5.74, 6) is -1.63. The molecule has 92 valence electrons. The van der Waals surface area contributed by atoms with Crippen molar-refractivity contribution in [3.8, 4) is 0 Å². The van der Waals surface area contributed by atoms with Gasteiger partial charge in [-0.05, 0) is 32.1 Å². The van der Waals surface area contributed by atoms with Crippen LogP contribution in [0.25, 0.3) is 0 Å². The van der Waals surface area contributed by atoms with Crippen molar-refractivity contribution in [1.29, 1.82) is 0 Å². The minimum absolute atomic E-state index is 0.166. The zero-order chi connectivity index (χ0) is 12.1. The van der Waals surface area contributed by atoms with Gasteiger partial charge in [0.2, 0.25) is 5.91 Å². The number of carbonyl (C=O) groups is 2. The Morgan fingerprint density at radius 1 is 1.25 bits per heavy atom. The Labute approximate surface area is 96.4 Å². The number of carbonyl (C=O) groups excluding carboxylic acids is 1. The van der Waals surface area contributed by atoms with Crippen molar-refractivity contribution in [2.45, 2.75) is 52.0 Å². The Kier molecular flexibility index (Phi) is 4.77. The van der Waals surface area contributed by atoms with E-state index in [4.69, 9.17) is 5.11 Å². The summed E-state index contributed by atoms with van der Waals surface area (Å²) in [4.78, 5) is 22.2. The molecular weight excluding hydrogens is 206 g/mol. The van der Waals surface area contributed by atoms with Crippen LogP contribution >= 0.6 is 0 Å². The van der Waals surface area contributed by atoms with Gasteiger partial charge in [-0.3, -0.25) is 9.59 Å². The standard InChI is InChI=1S/C12H21NO3/c1-8-4-3-5-10(7-6-8)13-11(14)9(2)12(15)16/h8-10H,3-7H2,1-2H3,(H,13,14)(H,15,16). The summed E-state index contributed by atoms with van der Waals surface area (Å²) in [5.41, 5.74) is 0. The molecule has 16 heavy (non-hydrogen) atoms. The Bertz CT molecular complexity index is 265. The average Bonchev–Trinajstić information content (AvgIpc) is 2.42. The average molecular weight is 227 g/mol. The van der Waals surface area contributed by atoms with Crippen molar-refractivity contribution < 1.29 is 14.7 Å². The van der Waals surface area contributed by atoms with Crippen molar-refractivity contribution in [2.24, 2.45) is 11.8 Å². The summed E-state index contributed by atoms with van der Waals surface area (Å²) in [7, 11) is 0. The molecule has 0 aromatic heterocycles. The van der Waals surface area contributed by atoms with E-state index in [2.05, 4.69) is 12.2 Å². The normalized spacial score (nSPS) is 27.9. The van der Waals surface area contributed by atoms with Crippen molar-refractivity contribution in [3.05, 3.63) is 0 Å². The van der Waals surface area contributed by atoms with Crippen LogP contribution in [-0.2, 0) is 9.59 Å². The number of nitrogens with one attached hydrogen (secondary N) is 1. The first-order chi connectivity index (χ1) is 7.50. The van der Waals surface area contributed by atoms with E-state index in [1.807, 2.05) is 0 Å². The Balaban J connectivity index is 2.41. The van der Waals surface area contributed by atoms with E-state index in [0.29, 0.717) is 0 Å². The highest BCUT2D eigenvalue weighted by Crippen LogP contribution is 2.22. The molecule has 2 N–H and O–H groups in total. The quantitative estimate of drug-likeness (QED) is 0.570. The number of carboxylic acid groups (broad SMARTS) is 1. The first kappa shape index (κ1) is 13.0. The summed E-state index contributed by atoms with van der Waals surface area (Å²) in [6.07, 6.45) is 5.39. The van der Waals surface area contributed by atoms with Gasteiger partial charge in [0.05, 0.1) is 0 Å². The number of carboxylic acids is 1. The number of aliphatic carboxylic acids is 1. The van der Waals surface area contributed by atoms with Crippen LogP contribution in [0, 0.1) is 11.8 Å². The molecule has 0 heterocycles. The smallest absolute Gasteiger partial charge is 0.315 e. The van der Waals surface area contributed by atoms with Gasteiger partial charge in [0.15, 0.2) is 0 Å². The molecule has 4 heteroatoms. The van der Waals surface area contributed by atoms with Gasteiger partial charge in [0.1, 0.15) is 5.92 Å². The fraction of sp³-hybridized carbons (Fsp3) is 0.833. The third-order valence-corrected chi connectivity index (χ3v) is 3.37. The molecule has 4 nitrogen and oxygen atoms in total. The molecule has 1 rings (SSSR count). The van der Waals surface area contributed by atoms with Gasteiger partial charge in [-0.2, -0.15) is 0 Å². The molecule has 1 amide bonds. The lowest BCUT2D eigenvalue weighted by Crippen LogP contribution is -2.40. The molecule has 3 unspecified atom stereocenters. The van der Waals surface area contributed by atoms with E-state index < -0.39 is 11.9 Å². The summed E-state index contributed by atoms with van der Waals surface area (Å²) < 4.78 is 0. The minimum atomic E-state index is -1.06. The van der Waals surface area contributed by atoms with E-state index in [9.17, 15) is 9.59 Å². The van der Waals surface area contributed by atoms with E-state index in [1.54, 1.807) is 0 Å². The van der Waals surface area contributed by atoms with E-state index >= 15 is 0 Å². The lowest BCUT2D eigenvalue weighted by molar-refractivity contribution is -0.146.